The van der Waals surface area contributed by atoms with Crippen LogP contribution in [0.3, 0.4) is 0 Å². The van der Waals surface area contributed by atoms with E-state index < -0.39 is 30.2 Å². The van der Waals surface area contributed by atoms with E-state index in [4.69, 9.17) is 9.97 Å². The van der Waals surface area contributed by atoms with Gasteiger partial charge in [0.1, 0.15) is 0 Å². The summed E-state index contributed by atoms with van der Waals surface area (Å²) in [5.41, 5.74) is 8.77. The van der Waals surface area contributed by atoms with Crippen LogP contribution in [-0.4, -0.2) is 59.0 Å². The van der Waals surface area contributed by atoms with E-state index in [0.717, 1.165) is 44.3 Å². The molecule has 5 rings (SSSR count). The van der Waals surface area contributed by atoms with Gasteiger partial charge < -0.3 is 65.6 Å². The van der Waals surface area contributed by atoms with Crippen LogP contribution in [-0.2, 0) is 69.4 Å². The van der Waals surface area contributed by atoms with Crippen LogP contribution in [0, 0.1) is 13.8 Å². The molecule has 296 valence electrons. The smallest absolute Gasteiger partial charge is 0.307 e. The zero-order chi connectivity index (χ0) is 32.0. The number of carbonyl (C=O) groups excluding carboxylic acids is 1. The molecule has 0 aliphatic carbocycles. The van der Waals surface area contributed by atoms with Crippen LogP contribution < -0.4 is 5.11 Å². The predicted molar refractivity (Wildman–Crippen MR) is 195 cm³/mol. The van der Waals surface area contributed by atoms with Gasteiger partial charge in [-0.3, -0.25) is 14.6 Å². The standard InChI is InChI=1S/C34H36N4O6.4H2N.2H2O.2Pt/c1-7-19-15(3)23-12-25-17(5)21(9-10-29(39)40)32(37-25)22(11-30(41)42)33-31(34(43)44)18(6)26(38-33)14-28-20(8-2)16(4)24(36-28)13-27(19)35-23;;;;;;;;/h7,12-14,17,21,35-36H,1,8-11H2,2-6H3,(H,39,40)(H,41,42)(H,43,44);6*1H2;;/q;4*-1;;;;/p-1/t17-,21-;;;;;;;;/m0......../s1. The number of nitrogens with two attached hydrogens (primary N) is 4. The van der Waals surface area contributed by atoms with Crippen molar-refractivity contribution in [3.05, 3.63) is 100.0 Å². The maximum absolute atomic E-state index is 12.6. The van der Waals surface area contributed by atoms with E-state index in [1.165, 1.54) is 0 Å². The Bertz CT molecular complexity index is 1970. The van der Waals surface area contributed by atoms with Gasteiger partial charge in [0.05, 0.1) is 29.5 Å². The van der Waals surface area contributed by atoms with Crippen LogP contribution in [0.1, 0.15) is 96.0 Å². The van der Waals surface area contributed by atoms with Gasteiger partial charge in [-0.05, 0) is 74.1 Å². The molecule has 3 aromatic heterocycles. The van der Waals surface area contributed by atoms with E-state index in [9.17, 15) is 29.7 Å². The van der Waals surface area contributed by atoms with E-state index in [1.807, 2.05) is 39.8 Å². The molecule has 2 atom stereocenters. The number of aryl methyl sites for hydroxylation is 3. The predicted octanol–water partition coefficient (Wildman–Crippen LogP) is 6.41. The third-order valence-electron chi connectivity index (χ3n) is 8.93. The number of carboxylic acids is 3. The molecule has 18 heteroatoms. The second-order valence-electron chi connectivity index (χ2n) is 11.5. The summed E-state index contributed by atoms with van der Waals surface area (Å²) in [6, 6.07) is 5.70. The van der Waals surface area contributed by atoms with Gasteiger partial charge in [0.15, 0.2) is 0 Å². The normalized spacial score (nSPS) is 13.8. The number of H-pyrrole nitrogens is 2. The van der Waals surface area contributed by atoms with Crippen molar-refractivity contribution < 1.29 is 82.8 Å². The number of nitrogens with one attached hydrogen (secondary N) is 2. The molecule has 0 saturated heterocycles. The molecule has 0 amide bonds. The summed E-state index contributed by atoms with van der Waals surface area (Å²) in [5.74, 6) is -4.44. The summed E-state index contributed by atoms with van der Waals surface area (Å²) >= 11 is 0. The molecule has 16 nitrogen and oxygen atoms in total. The first-order valence-electron chi connectivity index (χ1n) is 14.6. The third kappa shape index (κ3) is 9.97. The van der Waals surface area contributed by atoms with Gasteiger partial charge in [-0.15, -0.1) is 0 Å². The van der Waals surface area contributed by atoms with Crippen molar-refractivity contribution in [2.45, 2.75) is 72.1 Å². The van der Waals surface area contributed by atoms with Crippen LogP contribution in [0.5, 0.6) is 0 Å². The van der Waals surface area contributed by atoms with Gasteiger partial charge in [0, 0.05) is 105 Å². The van der Waals surface area contributed by atoms with Gasteiger partial charge in [0.25, 0.3) is 0 Å². The molecule has 16 N–H and O–H groups in total. The summed E-state index contributed by atoms with van der Waals surface area (Å²) in [6.45, 7) is 13.6. The number of aromatic amines is 2. The van der Waals surface area contributed by atoms with Gasteiger partial charge in [-0.25, -0.2) is 4.98 Å². The van der Waals surface area contributed by atoms with E-state index in [0.29, 0.717) is 29.1 Å². The Morgan fingerprint density at radius 3 is 1.96 bits per heavy atom. The topological polar surface area (TPSA) is 369 Å². The van der Waals surface area contributed by atoms with E-state index in [1.54, 1.807) is 19.1 Å². The first-order chi connectivity index (χ1) is 20.9. The van der Waals surface area contributed by atoms with E-state index in [2.05, 4.69) is 16.5 Å². The Morgan fingerprint density at radius 1 is 0.865 bits per heavy atom. The van der Waals surface area contributed by atoms with Crippen LogP contribution in [0.15, 0.2) is 24.8 Å². The third-order valence-corrected chi connectivity index (χ3v) is 8.93. The summed E-state index contributed by atoms with van der Waals surface area (Å²) < 4.78 is 0. The van der Waals surface area contributed by atoms with Crippen LogP contribution in [0.25, 0.3) is 63.9 Å². The van der Waals surface area contributed by atoms with Crippen molar-refractivity contribution in [1.82, 2.24) is 19.9 Å². The quantitative estimate of drug-likeness (QED) is 0.195. The molecule has 0 spiro atoms. The van der Waals surface area contributed by atoms with Crippen molar-refractivity contribution >= 4 is 57.2 Å². The first kappa shape index (κ1) is 54.9. The zero-order valence-corrected chi connectivity index (χ0v) is 33.9. The Hall–Kier alpha value is -3.85. The fourth-order valence-corrected chi connectivity index (χ4v) is 6.51. The molecule has 3 aromatic rings. The minimum absolute atomic E-state index is 0. The average Bonchev–Trinajstić information content (AvgIpc) is 3.63. The maximum Gasteiger partial charge on any atom is 0.307 e. The fraction of sp³-hybridized carbons (Fsp3) is 0.324. The molecule has 8 bridgehead atoms. The number of nitrogens with zero attached hydrogens (tertiary/aromatic N) is 2. The Kier molecular flexibility index (Phi) is 22.8. The number of aromatic nitrogens is 4. The van der Waals surface area contributed by atoms with Gasteiger partial charge in [-0.2, -0.15) is 0 Å². The van der Waals surface area contributed by atoms with Gasteiger partial charge >= 0.3 is 11.9 Å². The number of carboxylic acid groups (broad SMARTS) is 3. The largest absolute Gasteiger partial charge is 0.693 e. The second kappa shape index (κ2) is 21.6. The monoisotopic (exact) mass is 1090 g/mol. The SMILES string of the molecule is C=Cc1c(C)c2cc3nc(c(CC(=O)O)c4nc(cc5[nH]c(cc1[nH]2)c(C)c5CC)C(C)=C4C(=O)[O-])[C@@H](CCC(=O)O)[C@@H]3C.O.O.[NH2-].[NH2-].[NH2-].[NH2-].[Pt].[Pt]. The molecule has 5 heterocycles. The second-order valence-corrected chi connectivity index (χ2v) is 11.5. The number of carbonyl (C=O) groups is 3. The minimum atomic E-state index is -1.48. The Morgan fingerprint density at radius 2 is 1.44 bits per heavy atom. The van der Waals surface area contributed by atoms with Crippen molar-refractivity contribution in [3.63, 3.8) is 0 Å². The molecular weight excluding hydrogens is 1040 g/mol. The maximum atomic E-state index is 12.6. The summed E-state index contributed by atoms with van der Waals surface area (Å²) in [6.07, 6.45) is 1.96. The molecule has 0 aromatic carbocycles. The number of hydrogen-bond donors (Lipinski definition) is 4. The van der Waals surface area contributed by atoms with Crippen molar-refractivity contribution in [2.75, 3.05) is 0 Å². The number of aliphatic carboxylic acids is 3. The molecule has 52 heavy (non-hydrogen) atoms. The van der Waals surface area contributed by atoms with Crippen LogP contribution in [0.2, 0.25) is 0 Å². The van der Waals surface area contributed by atoms with Crippen LogP contribution in [0.4, 0.5) is 0 Å². The zero-order valence-electron chi connectivity index (χ0n) is 29.4. The van der Waals surface area contributed by atoms with E-state index in [-0.39, 0.29) is 113 Å². The van der Waals surface area contributed by atoms with Crippen molar-refractivity contribution in [2.24, 2.45) is 0 Å². The first-order valence-corrected chi connectivity index (χ1v) is 14.6. The Balaban J connectivity index is -0.00000144. The summed E-state index contributed by atoms with van der Waals surface area (Å²) in [5, 5.41) is 32.1. The van der Waals surface area contributed by atoms with E-state index >= 15 is 0 Å². The van der Waals surface area contributed by atoms with Gasteiger partial charge in [0.2, 0.25) is 0 Å². The van der Waals surface area contributed by atoms with Crippen molar-refractivity contribution in [3.8, 4) is 0 Å². The fourth-order valence-electron chi connectivity index (χ4n) is 6.51. The number of hydrogen-bond acceptors (Lipinski definition) is 6. The van der Waals surface area contributed by atoms with Gasteiger partial charge in [-0.1, -0.05) is 26.5 Å². The number of allylic oxidation sites excluding steroid dienone is 1. The number of rotatable bonds is 8. The van der Waals surface area contributed by atoms with Crippen molar-refractivity contribution in [1.29, 1.82) is 0 Å². The molecule has 0 unspecified atom stereocenters. The summed E-state index contributed by atoms with van der Waals surface area (Å²) in [4.78, 5) is 53.0. The molecule has 2 aliphatic rings. The van der Waals surface area contributed by atoms with Crippen LogP contribution >= 0.6 is 0 Å². The summed E-state index contributed by atoms with van der Waals surface area (Å²) in [7, 11) is 0. The molecule has 0 fully saturated rings. The number of fused-ring (bicyclic) bond motifs is 8. The average molecular weight is 1090 g/mol. The minimum Gasteiger partial charge on any atom is -0.693 e. The molecule has 0 saturated carbocycles. The molecular formula is C34H47N8O8Pt2-5. The Labute approximate surface area is 330 Å². The molecule has 0 radical (unpaired) electrons. The molecule has 2 aliphatic heterocycles.